The van der Waals surface area contributed by atoms with E-state index in [1.807, 2.05) is 42.2 Å². The summed E-state index contributed by atoms with van der Waals surface area (Å²) in [7, 11) is 0. The van der Waals surface area contributed by atoms with Crippen LogP contribution < -0.4 is 0 Å². The normalized spacial score (nSPS) is 21.8. The fourth-order valence-corrected chi connectivity index (χ4v) is 4.66. The Balaban J connectivity index is 1.45. The Hall–Kier alpha value is -1.98. The van der Waals surface area contributed by atoms with Crippen LogP contribution in [0.4, 0.5) is 0 Å². The van der Waals surface area contributed by atoms with Gasteiger partial charge >= 0.3 is 0 Å². The van der Waals surface area contributed by atoms with E-state index in [-0.39, 0.29) is 11.5 Å². The summed E-state index contributed by atoms with van der Waals surface area (Å²) in [6.07, 6.45) is 5.72. The van der Waals surface area contributed by atoms with E-state index in [1.54, 1.807) is 6.20 Å². The number of nitrogens with zero attached hydrogens (tertiary/aromatic N) is 2. The van der Waals surface area contributed by atoms with E-state index in [9.17, 15) is 4.79 Å². The first-order valence-electron chi connectivity index (χ1n) is 10.1. The minimum atomic E-state index is -0.0613. The average molecular weight is 368 g/mol. The number of amides is 1. The number of fused-ring (bicyclic) bond motifs is 1. The summed E-state index contributed by atoms with van der Waals surface area (Å²) in [5.74, 6) is 0.648. The van der Waals surface area contributed by atoms with Gasteiger partial charge in [-0.1, -0.05) is 18.2 Å². The van der Waals surface area contributed by atoms with Crippen molar-refractivity contribution in [3.8, 4) is 0 Å². The van der Waals surface area contributed by atoms with Gasteiger partial charge in [0.1, 0.15) is 0 Å². The predicted molar refractivity (Wildman–Crippen MR) is 105 cm³/mol. The highest BCUT2D eigenvalue weighted by Gasteiger charge is 2.46. The van der Waals surface area contributed by atoms with Crippen molar-refractivity contribution >= 4 is 16.8 Å². The lowest BCUT2D eigenvalue weighted by Crippen LogP contribution is -2.49. The highest BCUT2D eigenvalue weighted by Crippen LogP contribution is 2.42. The zero-order chi connectivity index (χ0) is 18.7. The minimum absolute atomic E-state index is 0.0613. The van der Waals surface area contributed by atoms with Crippen molar-refractivity contribution in [2.75, 3.05) is 32.9 Å². The molecule has 0 unspecified atom stereocenters. The first-order valence-corrected chi connectivity index (χ1v) is 10.1. The van der Waals surface area contributed by atoms with E-state index in [0.29, 0.717) is 5.92 Å². The van der Waals surface area contributed by atoms with Crippen LogP contribution in [-0.2, 0) is 9.47 Å². The Labute approximate surface area is 160 Å². The van der Waals surface area contributed by atoms with E-state index in [4.69, 9.17) is 9.47 Å². The first-order chi connectivity index (χ1) is 13.2. The monoisotopic (exact) mass is 368 g/mol. The van der Waals surface area contributed by atoms with Gasteiger partial charge in [-0.2, -0.15) is 0 Å². The molecule has 1 amide bonds. The molecular formula is C22H28N2O3. The van der Waals surface area contributed by atoms with E-state index >= 15 is 0 Å². The third kappa shape index (κ3) is 3.58. The number of rotatable bonds is 5. The Morgan fingerprint density at radius 2 is 2.11 bits per heavy atom. The average Bonchev–Trinajstić information content (AvgIpc) is 3.10. The van der Waals surface area contributed by atoms with E-state index in [2.05, 4.69) is 4.98 Å². The van der Waals surface area contributed by atoms with Gasteiger partial charge in [-0.05, 0) is 50.7 Å². The summed E-state index contributed by atoms with van der Waals surface area (Å²) in [5, 5.41) is 0.928. The summed E-state index contributed by atoms with van der Waals surface area (Å²) < 4.78 is 11.8. The second-order valence-corrected chi connectivity index (χ2v) is 7.55. The molecule has 2 fully saturated rings. The van der Waals surface area contributed by atoms with Crippen molar-refractivity contribution in [3.63, 3.8) is 0 Å². The lowest BCUT2D eigenvalue weighted by Gasteiger charge is -2.42. The van der Waals surface area contributed by atoms with Crippen LogP contribution in [0.25, 0.3) is 10.9 Å². The molecule has 4 rings (SSSR count). The number of piperidine rings is 1. The molecule has 2 aromatic rings. The molecule has 2 aliphatic rings. The Morgan fingerprint density at radius 1 is 1.30 bits per heavy atom. The standard InChI is InChI=1S/C22H28N2O3/c1-2-26-15-8-17-9-16-27-22(17)10-13-24(14-11-22)21(25)19-7-12-23-20-6-4-3-5-18(19)20/h3-7,12,17H,2,8-11,13-16H2,1H3/t17-/m0/s1. The van der Waals surface area contributed by atoms with Gasteiger partial charge in [0.05, 0.1) is 16.7 Å². The van der Waals surface area contributed by atoms with E-state index in [1.165, 1.54) is 0 Å². The summed E-state index contributed by atoms with van der Waals surface area (Å²) in [6, 6.07) is 9.68. The zero-order valence-corrected chi connectivity index (χ0v) is 16.0. The highest BCUT2D eigenvalue weighted by atomic mass is 16.5. The van der Waals surface area contributed by atoms with Crippen molar-refractivity contribution < 1.29 is 14.3 Å². The Morgan fingerprint density at radius 3 is 2.93 bits per heavy atom. The lowest BCUT2D eigenvalue weighted by molar-refractivity contribution is -0.0669. The van der Waals surface area contributed by atoms with Gasteiger partial charge < -0.3 is 14.4 Å². The largest absolute Gasteiger partial charge is 0.382 e. The number of ether oxygens (including phenoxy) is 2. The predicted octanol–water partition coefficient (Wildman–Crippen LogP) is 3.67. The molecule has 2 saturated heterocycles. The molecule has 27 heavy (non-hydrogen) atoms. The molecule has 5 nitrogen and oxygen atoms in total. The molecule has 0 saturated carbocycles. The number of hydrogen-bond donors (Lipinski definition) is 0. The molecule has 144 valence electrons. The van der Waals surface area contributed by atoms with Crippen LogP contribution in [0.3, 0.4) is 0 Å². The van der Waals surface area contributed by atoms with Crippen LogP contribution in [0.1, 0.15) is 43.0 Å². The Kier molecular flexibility index (Phi) is 5.41. The van der Waals surface area contributed by atoms with Gasteiger partial charge in [-0.3, -0.25) is 9.78 Å². The topological polar surface area (TPSA) is 51.7 Å². The second kappa shape index (κ2) is 7.95. The van der Waals surface area contributed by atoms with Crippen molar-refractivity contribution in [1.29, 1.82) is 0 Å². The highest BCUT2D eigenvalue weighted by molar-refractivity contribution is 6.06. The maximum atomic E-state index is 13.1. The van der Waals surface area contributed by atoms with E-state index in [0.717, 1.165) is 75.1 Å². The fraction of sp³-hybridized carbons (Fsp3) is 0.545. The van der Waals surface area contributed by atoms with Gasteiger partial charge in [0, 0.05) is 44.5 Å². The molecule has 0 N–H and O–H groups in total. The molecule has 1 spiro atoms. The molecule has 0 radical (unpaired) electrons. The fourth-order valence-electron chi connectivity index (χ4n) is 4.66. The quantitative estimate of drug-likeness (QED) is 0.756. The second-order valence-electron chi connectivity index (χ2n) is 7.55. The third-order valence-electron chi connectivity index (χ3n) is 6.19. The van der Waals surface area contributed by atoms with Crippen molar-refractivity contribution in [1.82, 2.24) is 9.88 Å². The van der Waals surface area contributed by atoms with Gasteiger partial charge in [-0.25, -0.2) is 0 Å². The van der Waals surface area contributed by atoms with Crippen molar-refractivity contribution in [3.05, 3.63) is 42.1 Å². The zero-order valence-electron chi connectivity index (χ0n) is 16.0. The molecule has 2 aliphatic heterocycles. The molecule has 0 bridgehead atoms. The molecule has 0 aliphatic carbocycles. The van der Waals surface area contributed by atoms with E-state index < -0.39 is 0 Å². The van der Waals surface area contributed by atoms with Crippen molar-refractivity contribution in [2.24, 2.45) is 5.92 Å². The molecular weight excluding hydrogens is 340 g/mol. The molecule has 3 heterocycles. The van der Waals surface area contributed by atoms with Crippen LogP contribution in [-0.4, -0.2) is 54.3 Å². The maximum absolute atomic E-state index is 13.1. The van der Waals surface area contributed by atoms with Crippen LogP contribution in [0.5, 0.6) is 0 Å². The minimum Gasteiger partial charge on any atom is -0.382 e. The molecule has 1 aromatic heterocycles. The van der Waals surface area contributed by atoms with Crippen LogP contribution >= 0.6 is 0 Å². The lowest BCUT2D eigenvalue weighted by atomic mass is 9.78. The number of pyridine rings is 1. The van der Waals surface area contributed by atoms with Crippen LogP contribution in [0.15, 0.2) is 36.5 Å². The summed E-state index contributed by atoms with van der Waals surface area (Å²) >= 11 is 0. The maximum Gasteiger partial charge on any atom is 0.254 e. The number of aromatic nitrogens is 1. The summed E-state index contributed by atoms with van der Waals surface area (Å²) in [5.41, 5.74) is 1.55. The number of likely N-dealkylation sites (tertiary alicyclic amines) is 1. The van der Waals surface area contributed by atoms with Crippen LogP contribution in [0.2, 0.25) is 0 Å². The summed E-state index contributed by atoms with van der Waals surface area (Å²) in [6.45, 7) is 5.94. The number of carbonyl (C=O) groups is 1. The van der Waals surface area contributed by atoms with Crippen LogP contribution in [0, 0.1) is 5.92 Å². The third-order valence-corrected chi connectivity index (χ3v) is 6.19. The number of carbonyl (C=O) groups excluding carboxylic acids is 1. The van der Waals surface area contributed by atoms with Gasteiger partial charge in [0.15, 0.2) is 0 Å². The number of para-hydroxylation sites is 1. The SMILES string of the molecule is CCOCC[C@H]1CCOC12CCN(C(=O)c1ccnc3ccccc13)CC2. The molecule has 1 atom stereocenters. The first kappa shape index (κ1) is 18.4. The van der Waals surface area contributed by atoms with Gasteiger partial charge in [-0.15, -0.1) is 0 Å². The Bertz CT molecular complexity index is 794. The smallest absolute Gasteiger partial charge is 0.254 e. The molecule has 5 heteroatoms. The van der Waals surface area contributed by atoms with Gasteiger partial charge in [0.25, 0.3) is 5.91 Å². The molecule has 1 aromatic carbocycles. The van der Waals surface area contributed by atoms with Crippen molar-refractivity contribution in [2.45, 2.75) is 38.2 Å². The number of benzene rings is 1. The van der Waals surface area contributed by atoms with Gasteiger partial charge in [0.2, 0.25) is 0 Å². The number of hydrogen-bond acceptors (Lipinski definition) is 4. The summed E-state index contributed by atoms with van der Waals surface area (Å²) in [4.78, 5) is 19.5.